The van der Waals surface area contributed by atoms with Gasteiger partial charge in [0.2, 0.25) is 0 Å². The van der Waals surface area contributed by atoms with Crippen LogP contribution in [-0.4, -0.2) is 18.1 Å². The van der Waals surface area contributed by atoms with E-state index >= 15 is 0 Å². The number of ether oxygens (including phenoxy) is 1. The molecule has 0 aliphatic heterocycles. The molecule has 2 N–H and O–H groups in total. The van der Waals surface area contributed by atoms with E-state index in [0.717, 1.165) is 6.42 Å². The summed E-state index contributed by atoms with van der Waals surface area (Å²) in [7, 11) is 0. The van der Waals surface area contributed by atoms with E-state index < -0.39 is 5.54 Å². The quantitative estimate of drug-likeness (QED) is 0.746. The fraction of sp³-hybridized carbons (Fsp3) is 0.900. The van der Waals surface area contributed by atoms with Crippen molar-refractivity contribution in [2.45, 2.75) is 46.6 Å². The minimum atomic E-state index is -0.877. The molecule has 0 fully saturated rings. The molecule has 86 valence electrons. The van der Waals surface area contributed by atoms with E-state index in [-0.39, 0.29) is 23.8 Å². The van der Waals surface area contributed by atoms with Crippen molar-refractivity contribution in [3.8, 4) is 0 Å². The molecule has 14 heavy (non-hydrogen) atoms. The summed E-state index contributed by atoms with van der Waals surface area (Å²) in [5, 5.41) is 0. The molecular weight excluding hydrogens is 202 g/mol. The summed E-state index contributed by atoms with van der Waals surface area (Å²) in [6.45, 7) is 10.1. The first-order chi connectivity index (χ1) is 5.63. The number of hydrogen-bond donors (Lipinski definition) is 1. The number of carbonyl (C=O) groups is 1. The predicted molar refractivity (Wildman–Crippen MR) is 60.5 cm³/mol. The molecule has 3 nitrogen and oxygen atoms in total. The molecule has 0 unspecified atom stereocenters. The smallest absolute Gasteiger partial charge is 0.325 e. The van der Waals surface area contributed by atoms with Crippen molar-refractivity contribution in [2.75, 3.05) is 6.61 Å². The molecule has 0 spiro atoms. The summed E-state index contributed by atoms with van der Waals surface area (Å²) >= 11 is 0. The van der Waals surface area contributed by atoms with Crippen molar-refractivity contribution < 1.29 is 9.53 Å². The Labute approximate surface area is 92.8 Å². The van der Waals surface area contributed by atoms with Gasteiger partial charge >= 0.3 is 5.97 Å². The Balaban J connectivity index is 0. The zero-order valence-corrected chi connectivity index (χ0v) is 10.5. The predicted octanol–water partition coefficient (Wildman–Crippen LogP) is 2.12. The molecule has 0 saturated carbocycles. The summed E-state index contributed by atoms with van der Waals surface area (Å²) in [5.41, 5.74) is 4.87. The first-order valence-electron chi connectivity index (χ1n) is 4.59. The van der Waals surface area contributed by atoms with Crippen LogP contribution in [0.5, 0.6) is 0 Å². The summed E-state index contributed by atoms with van der Waals surface area (Å²) in [6, 6.07) is 0. The van der Waals surface area contributed by atoms with Crippen LogP contribution in [0, 0.1) is 5.41 Å². The van der Waals surface area contributed by atoms with Crippen LogP contribution < -0.4 is 5.73 Å². The van der Waals surface area contributed by atoms with Gasteiger partial charge in [0.25, 0.3) is 0 Å². The Morgan fingerprint density at radius 3 is 1.93 bits per heavy atom. The number of carbonyl (C=O) groups excluding carboxylic acids is 1. The minimum Gasteiger partial charge on any atom is -0.464 e. The lowest BCUT2D eigenvalue weighted by Crippen LogP contribution is -2.43. The molecule has 0 atom stereocenters. The van der Waals surface area contributed by atoms with Gasteiger partial charge in [-0.3, -0.25) is 4.79 Å². The topological polar surface area (TPSA) is 52.3 Å². The van der Waals surface area contributed by atoms with Gasteiger partial charge in [0.1, 0.15) is 5.54 Å². The molecule has 0 aromatic rings. The third kappa shape index (κ3) is 8.32. The molecule has 0 heterocycles. The third-order valence-corrected chi connectivity index (χ3v) is 1.61. The summed E-state index contributed by atoms with van der Waals surface area (Å²) in [6.07, 6.45) is 0.856. The second kappa shape index (κ2) is 5.56. The van der Waals surface area contributed by atoms with Gasteiger partial charge in [-0.2, -0.15) is 0 Å². The third-order valence-electron chi connectivity index (χ3n) is 1.61. The average molecular weight is 224 g/mol. The molecule has 0 aliphatic carbocycles. The van der Waals surface area contributed by atoms with E-state index in [4.69, 9.17) is 10.5 Å². The molecule has 0 saturated heterocycles. The van der Waals surface area contributed by atoms with Crippen LogP contribution in [0.4, 0.5) is 0 Å². The molecule has 0 radical (unpaired) electrons. The van der Waals surface area contributed by atoms with Gasteiger partial charge in [0.15, 0.2) is 0 Å². The molecule has 0 rings (SSSR count). The standard InChI is InChI=1S/C10H21NO2.ClH/c1-9(2,3)6-7-13-8(12)10(4,5)11;/h6-7,11H2,1-5H3;1H. The zero-order chi connectivity index (χ0) is 10.7. The van der Waals surface area contributed by atoms with Gasteiger partial charge < -0.3 is 10.5 Å². The van der Waals surface area contributed by atoms with Crippen molar-refractivity contribution in [3.05, 3.63) is 0 Å². The van der Waals surface area contributed by atoms with Crippen LogP contribution in [0.15, 0.2) is 0 Å². The van der Waals surface area contributed by atoms with Gasteiger partial charge in [0.05, 0.1) is 6.61 Å². The number of esters is 1. The Hall–Kier alpha value is -0.280. The van der Waals surface area contributed by atoms with Gasteiger partial charge in [-0.1, -0.05) is 20.8 Å². The molecule has 0 aromatic carbocycles. The van der Waals surface area contributed by atoms with Gasteiger partial charge in [-0.05, 0) is 25.7 Å². The maximum Gasteiger partial charge on any atom is 0.325 e. The fourth-order valence-electron chi connectivity index (χ4n) is 0.636. The molecule has 0 bridgehead atoms. The lowest BCUT2D eigenvalue weighted by molar-refractivity contribution is -0.149. The highest BCUT2D eigenvalue weighted by Crippen LogP contribution is 2.18. The number of nitrogens with two attached hydrogens (primary N) is 1. The highest BCUT2D eigenvalue weighted by atomic mass is 35.5. The van der Waals surface area contributed by atoms with Gasteiger partial charge in [0, 0.05) is 0 Å². The van der Waals surface area contributed by atoms with Crippen LogP contribution in [0.1, 0.15) is 41.0 Å². The number of rotatable bonds is 3. The second-order valence-electron chi connectivity index (χ2n) is 5.17. The lowest BCUT2D eigenvalue weighted by atomic mass is 9.93. The normalized spacial score (nSPS) is 11.9. The van der Waals surface area contributed by atoms with Crippen molar-refractivity contribution in [2.24, 2.45) is 11.1 Å². The maximum absolute atomic E-state index is 11.2. The Bertz CT molecular complexity index is 180. The first-order valence-corrected chi connectivity index (χ1v) is 4.59. The second-order valence-corrected chi connectivity index (χ2v) is 5.17. The van der Waals surface area contributed by atoms with Crippen LogP contribution in [0.25, 0.3) is 0 Å². The summed E-state index contributed by atoms with van der Waals surface area (Å²) in [4.78, 5) is 11.2. The molecule has 0 amide bonds. The van der Waals surface area contributed by atoms with Crippen LogP contribution in [0.3, 0.4) is 0 Å². The van der Waals surface area contributed by atoms with Gasteiger partial charge in [-0.25, -0.2) is 0 Å². The first kappa shape index (κ1) is 16.2. The minimum absolute atomic E-state index is 0. The zero-order valence-electron chi connectivity index (χ0n) is 9.72. The Morgan fingerprint density at radius 1 is 1.21 bits per heavy atom. The molecule has 0 aliphatic rings. The molecule has 4 heteroatoms. The van der Waals surface area contributed by atoms with E-state index in [0.29, 0.717) is 6.61 Å². The van der Waals surface area contributed by atoms with Crippen LogP contribution in [-0.2, 0) is 9.53 Å². The van der Waals surface area contributed by atoms with Crippen LogP contribution in [0.2, 0.25) is 0 Å². The SMILES string of the molecule is CC(C)(C)CCOC(=O)C(C)(C)N.Cl. The summed E-state index contributed by atoms with van der Waals surface area (Å²) < 4.78 is 5.02. The van der Waals surface area contributed by atoms with Gasteiger partial charge in [-0.15, -0.1) is 12.4 Å². The van der Waals surface area contributed by atoms with Crippen molar-refractivity contribution in [3.63, 3.8) is 0 Å². The maximum atomic E-state index is 11.2. The van der Waals surface area contributed by atoms with E-state index in [9.17, 15) is 4.79 Å². The van der Waals surface area contributed by atoms with Crippen molar-refractivity contribution in [1.82, 2.24) is 0 Å². The van der Waals surface area contributed by atoms with E-state index in [1.54, 1.807) is 13.8 Å². The Morgan fingerprint density at radius 2 is 1.64 bits per heavy atom. The van der Waals surface area contributed by atoms with E-state index in [1.807, 2.05) is 0 Å². The monoisotopic (exact) mass is 223 g/mol. The highest BCUT2D eigenvalue weighted by molar-refractivity contribution is 5.85. The highest BCUT2D eigenvalue weighted by Gasteiger charge is 2.24. The molecular formula is C10H22ClNO2. The number of hydrogen-bond acceptors (Lipinski definition) is 3. The fourth-order valence-corrected chi connectivity index (χ4v) is 0.636. The largest absolute Gasteiger partial charge is 0.464 e. The van der Waals surface area contributed by atoms with E-state index in [1.165, 1.54) is 0 Å². The summed E-state index contributed by atoms with van der Waals surface area (Å²) in [5.74, 6) is -0.336. The Kier molecular flexibility index (Phi) is 6.42. The van der Waals surface area contributed by atoms with E-state index in [2.05, 4.69) is 20.8 Å². The van der Waals surface area contributed by atoms with Crippen LogP contribution >= 0.6 is 12.4 Å². The molecule has 0 aromatic heterocycles. The average Bonchev–Trinajstić information content (AvgIpc) is 1.82. The number of halogens is 1. The lowest BCUT2D eigenvalue weighted by Gasteiger charge is -2.20. The van der Waals surface area contributed by atoms with Crippen molar-refractivity contribution in [1.29, 1.82) is 0 Å². The van der Waals surface area contributed by atoms with Crippen molar-refractivity contribution >= 4 is 18.4 Å².